The summed E-state index contributed by atoms with van der Waals surface area (Å²) in [5.41, 5.74) is 2.41. The van der Waals surface area contributed by atoms with Crippen molar-refractivity contribution in [3.8, 4) is 0 Å². The minimum absolute atomic E-state index is 0.0836. The van der Waals surface area contributed by atoms with E-state index in [1.54, 1.807) is 28.0 Å². The van der Waals surface area contributed by atoms with Gasteiger partial charge in [0.05, 0.1) is 13.1 Å². The fourth-order valence-corrected chi connectivity index (χ4v) is 2.94. The number of halogens is 1. The Morgan fingerprint density at radius 3 is 2.50 bits per heavy atom. The van der Waals surface area contributed by atoms with E-state index >= 15 is 0 Å². The van der Waals surface area contributed by atoms with Gasteiger partial charge >= 0.3 is 0 Å². The molecule has 28 heavy (non-hydrogen) atoms. The van der Waals surface area contributed by atoms with Crippen molar-refractivity contribution in [1.29, 1.82) is 0 Å². The Labute approximate surface area is 171 Å². The molecule has 0 aliphatic heterocycles. The third kappa shape index (κ3) is 6.22. The molecule has 0 aliphatic rings. The molecule has 0 unspecified atom stereocenters. The standard InChI is InChI=1S/C22H26ClN3O2/c1-4-13-26(19-9-7-6-8-10-19)22(28)16-25(5-2)15-21(27)24-20-14-18(23)12-11-17(20)3/h4,6-12,14H,1,5,13,15-16H2,2-3H3,(H,24,27). The van der Waals surface area contributed by atoms with E-state index < -0.39 is 0 Å². The molecule has 2 amide bonds. The van der Waals surface area contributed by atoms with E-state index in [4.69, 9.17) is 11.6 Å². The van der Waals surface area contributed by atoms with E-state index in [1.165, 1.54) is 0 Å². The molecule has 148 valence electrons. The van der Waals surface area contributed by atoms with Crippen LogP contribution in [0.25, 0.3) is 0 Å². The van der Waals surface area contributed by atoms with Gasteiger partial charge in [-0.3, -0.25) is 14.5 Å². The Balaban J connectivity index is 2.01. The van der Waals surface area contributed by atoms with Gasteiger partial charge in [0.1, 0.15) is 0 Å². The molecule has 0 aromatic heterocycles. The lowest BCUT2D eigenvalue weighted by Gasteiger charge is -2.26. The number of hydrogen-bond acceptors (Lipinski definition) is 3. The van der Waals surface area contributed by atoms with E-state index in [0.29, 0.717) is 23.8 Å². The fraction of sp³-hybridized carbons (Fsp3) is 0.273. The SMILES string of the molecule is C=CCN(C(=O)CN(CC)CC(=O)Nc1cc(Cl)ccc1C)c1ccccc1. The number of nitrogens with zero attached hydrogens (tertiary/aromatic N) is 2. The highest BCUT2D eigenvalue weighted by Gasteiger charge is 2.19. The Morgan fingerprint density at radius 1 is 1.14 bits per heavy atom. The van der Waals surface area contributed by atoms with Gasteiger partial charge in [0.15, 0.2) is 0 Å². The summed E-state index contributed by atoms with van der Waals surface area (Å²) >= 11 is 6.00. The minimum Gasteiger partial charge on any atom is -0.325 e. The van der Waals surface area contributed by atoms with Crippen LogP contribution in [0.3, 0.4) is 0 Å². The molecule has 2 aromatic carbocycles. The third-order valence-electron chi connectivity index (χ3n) is 4.33. The molecule has 0 spiro atoms. The number of likely N-dealkylation sites (N-methyl/N-ethyl adjacent to an activating group) is 1. The van der Waals surface area contributed by atoms with Gasteiger partial charge < -0.3 is 10.2 Å². The van der Waals surface area contributed by atoms with Crippen LogP contribution in [0.1, 0.15) is 12.5 Å². The molecule has 0 atom stereocenters. The quantitative estimate of drug-likeness (QED) is 0.645. The van der Waals surface area contributed by atoms with Gasteiger partial charge in [-0.1, -0.05) is 48.9 Å². The zero-order chi connectivity index (χ0) is 20.5. The second kappa shape index (κ2) is 10.6. The number of carbonyl (C=O) groups excluding carboxylic acids is 2. The van der Waals surface area contributed by atoms with Crippen LogP contribution in [-0.4, -0.2) is 42.9 Å². The average molecular weight is 400 g/mol. The molecule has 6 heteroatoms. The Kier molecular flexibility index (Phi) is 8.23. The first-order valence-corrected chi connectivity index (χ1v) is 9.57. The number of carbonyl (C=O) groups is 2. The smallest absolute Gasteiger partial charge is 0.241 e. The number of para-hydroxylation sites is 1. The van der Waals surface area contributed by atoms with Crippen molar-refractivity contribution >= 4 is 34.8 Å². The van der Waals surface area contributed by atoms with Gasteiger partial charge in [0.2, 0.25) is 11.8 Å². The highest BCUT2D eigenvalue weighted by atomic mass is 35.5. The molecular weight excluding hydrogens is 374 g/mol. The lowest BCUT2D eigenvalue weighted by atomic mass is 10.2. The topological polar surface area (TPSA) is 52.7 Å². The van der Waals surface area contributed by atoms with Crippen molar-refractivity contribution in [1.82, 2.24) is 4.90 Å². The normalized spacial score (nSPS) is 10.6. The van der Waals surface area contributed by atoms with Crippen LogP contribution in [0, 0.1) is 6.92 Å². The van der Waals surface area contributed by atoms with Gasteiger partial charge in [-0.25, -0.2) is 0 Å². The number of nitrogens with one attached hydrogen (secondary N) is 1. The molecule has 2 rings (SSSR count). The number of amides is 2. The summed E-state index contributed by atoms with van der Waals surface area (Å²) in [4.78, 5) is 28.7. The van der Waals surface area contributed by atoms with Crippen LogP contribution in [0.2, 0.25) is 5.02 Å². The predicted molar refractivity (Wildman–Crippen MR) is 116 cm³/mol. The number of rotatable bonds is 9. The van der Waals surface area contributed by atoms with Gasteiger partial charge in [0, 0.05) is 22.9 Å². The van der Waals surface area contributed by atoms with Crippen molar-refractivity contribution in [2.75, 3.05) is 36.4 Å². The molecule has 0 heterocycles. The second-order valence-corrected chi connectivity index (χ2v) is 6.88. The van der Waals surface area contributed by atoms with Crippen molar-refractivity contribution < 1.29 is 9.59 Å². The minimum atomic E-state index is -0.185. The monoisotopic (exact) mass is 399 g/mol. The molecule has 0 fully saturated rings. The molecule has 0 saturated carbocycles. The van der Waals surface area contributed by atoms with Gasteiger partial charge in [0.25, 0.3) is 0 Å². The van der Waals surface area contributed by atoms with Crippen LogP contribution in [-0.2, 0) is 9.59 Å². The highest BCUT2D eigenvalue weighted by molar-refractivity contribution is 6.31. The predicted octanol–water partition coefficient (Wildman–Crippen LogP) is 4.13. The second-order valence-electron chi connectivity index (χ2n) is 6.44. The summed E-state index contributed by atoms with van der Waals surface area (Å²) in [5, 5.41) is 3.43. The molecular formula is C22H26ClN3O2. The van der Waals surface area contributed by atoms with Crippen LogP contribution >= 0.6 is 11.6 Å². The summed E-state index contributed by atoms with van der Waals surface area (Å²) in [6, 6.07) is 14.8. The Morgan fingerprint density at radius 2 is 1.86 bits per heavy atom. The Bertz CT molecular complexity index is 824. The maximum Gasteiger partial charge on any atom is 0.241 e. The lowest BCUT2D eigenvalue weighted by Crippen LogP contribution is -2.43. The largest absolute Gasteiger partial charge is 0.325 e. The van der Waals surface area contributed by atoms with Crippen molar-refractivity contribution in [3.63, 3.8) is 0 Å². The highest BCUT2D eigenvalue weighted by Crippen LogP contribution is 2.20. The number of aryl methyl sites for hydroxylation is 1. The first-order chi connectivity index (χ1) is 13.4. The van der Waals surface area contributed by atoms with Crippen molar-refractivity contribution in [2.24, 2.45) is 0 Å². The first kappa shape index (κ1) is 21.7. The molecule has 0 radical (unpaired) electrons. The number of benzene rings is 2. The van der Waals surface area contributed by atoms with Crippen LogP contribution in [0.5, 0.6) is 0 Å². The lowest BCUT2D eigenvalue weighted by molar-refractivity contribution is -0.121. The molecule has 1 N–H and O–H groups in total. The Hall–Kier alpha value is -2.63. The van der Waals surface area contributed by atoms with Gasteiger partial charge in [-0.05, 0) is 43.3 Å². The van der Waals surface area contributed by atoms with Crippen LogP contribution in [0.15, 0.2) is 61.2 Å². The van der Waals surface area contributed by atoms with E-state index in [0.717, 1.165) is 11.3 Å². The van der Waals surface area contributed by atoms with E-state index in [1.807, 2.05) is 50.2 Å². The molecule has 0 bridgehead atoms. The fourth-order valence-electron chi connectivity index (χ4n) is 2.77. The summed E-state index contributed by atoms with van der Waals surface area (Å²) in [6.07, 6.45) is 1.69. The molecule has 0 aliphatic carbocycles. The van der Waals surface area contributed by atoms with Crippen LogP contribution in [0.4, 0.5) is 11.4 Å². The van der Waals surface area contributed by atoms with Gasteiger partial charge in [-0.2, -0.15) is 0 Å². The van der Waals surface area contributed by atoms with Crippen molar-refractivity contribution in [3.05, 3.63) is 71.8 Å². The van der Waals surface area contributed by atoms with E-state index in [-0.39, 0.29) is 24.9 Å². The van der Waals surface area contributed by atoms with E-state index in [9.17, 15) is 9.59 Å². The third-order valence-corrected chi connectivity index (χ3v) is 4.56. The van der Waals surface area contributed by atoms with Gasteiger partial charge in [-0.15, -0.1) is 6.58 Å². The van der Waals surface area contributed by atoms with E-state index in [2.05, 4.69) is 11.9 Å². The summed E-state index contributed by atoms with van der Waals surface area (Å²) in [6.45, 7) is 8.80. The zero-order valence-electron chi connectivity index (χ0n) is 16.3. The molecule has 2 aromatic rings. The summed E-state index contributed by atoms with van der Waals surface area (Å²) in [7, 11) is 0. The maximum absolute atomic E-state index is 12.8. The van der Waals surface area contributed by atoms with Crippen LogP contribution < -0.4 is 10.2 Å². The number of hydrogen-bond donors (Lipinski definition) is 1. The summed E-state index contributed by atoms with van der Waals surface area (Å²) < 4.78 is 0. The van der Waals surface area contributed by atoms with Crippen molar-refractivity contribution in [2.45, 2.75) is 13.8 Å². The average Bonchev–Trinajstić information content (AvgIpc) is 2.68. The molecule has 0 saturated heterocycles. The number of anilines is 2. The summed E-state index contributed by atoms with van der Waals surface area (Å²) in [5.74, 6) is -0.269. The maximum atomic E-state index is 12.8. The zero-order valence-corrected chi connectivity index (χ0v) is 17.1. The molecule has 5 nitrogen and oxygen atoms in total. The first-order valence-electron chi connectivity index (χ1n) is 9.19.